The third-order valence-electron chi connectivity index (χ3n) is 3.54. The number of hydrogen-bond donors (Lipinski definition) is 1. The quantitative estimate of drug-likeness (QED) is 0.419. The number of anilines is 1. The second kappa shape index (κ2) is 8.96. The zero-order valence-electron chi connectivity index (χ0n) is 14.2. The Morgan fingerprint density at radius 3 is 2.70 bits per heavy atom. The van der Waals surface area contributed by atoms with Crippen molar-refractivity contribution >= 4 is 39.3 Å². The number of amides is 1. The number of rotatable bonds is 7. The van der Waals surface area contributed by atoms with Crippen LogP contribution in [0.2, 0.25) is 0 Å². The van der Waals surface area contributed by atoms with Crippen LogP contribution in [0.5, 0.6) is 0 Å². The molecule has 138 valence electrons. The number of thioether (sulfide) groups is 1. The Labute approximate surface area is 168 Å². The van der Waals surface area contributed by atoms with Gasteiger partial charge in [-0.15, -0.1) is 11.7 Å². The van der Waals surface area contributed by atoms with Crippen LogP contribution < -0.4 is 5.32 Å². The number of hydrogen-bond acceptors (Lipinski definition) is 4. The Kier molecular flexibility index (Phi) is 6.41. The number of nitrogens with one attached hydrogen (secondary N) is 1. The van der Waals surface area contributed by atoms with Crippen LogP contribution in [0.3, 0.4) is 0 Å². The topological polar surface area (TPSA) is 59.8 Å². The van der Waals surface area contributed by atoms with Gasteiger partial charge in [0.15, 0.2) is 5.82 Å². The summed E-state index contributed by atoms with van der Waals surface area (Å²) in [6.45, 7) is 4.24. The van der Waals surface area contributed by atoms with E-state index in [4.69, 9.17) is 0 Å². The van der Waals surface area contributed by atoms with Gasteiger partial charge >= 0.3 is 0 Å². The maximum atomic E-state index is 13.6. The molecule has 0 bridgehead atoms. The number of allylic oxidation sites excluding steroid dienone is 1. The molecule has 0 aliphatic carbocycles. The first kappa shape index (κ1) is 19.3. The predicted octanol–water partition coefficient (Wildman–Crippen LogP) is 4.76. The largest absolute Gasteiger partial charge is 0.323 e. The molecular formula is C19H16BrFN4OS. The maximum absolute atomic E-state index is 13.6. The van der Waals surface area contributed by atoms with Crippen LogP contribution in [-0.4, -0.2) is 26.4 Å². The van der Waals surface area contributed by atoms with E-state index in [0.29, 0.717) is 17.5 Å². The number of benzene rings is 2. The summed E-state index contributed by atoms with van der Waals surface area (Å²) in [5.41, 5.74) is 1.07. The molecule has 27 heavy (non-hydrogen) atoms. The van der Waals surface area contributed by atoms with E-state index < -0.39 is 5.82 Å². The second-order valence-corrected chi connectivity index (χ2v) is 7.37. The van der Waals surface area contributed by atoms with Crippen LogP contribution in [0.4, 0.5) is 10.1 Å². The number of aromatic nitrogens is 3. The molecule has 0 spiro atoms. The minimum atomic E-state index is -0.471. The Morgan fingerprint density at radius 1 is 1.26 bits per heavy atom. The van der Waals surface area contributed by atoms with Gasteiger partial charge in [0.1, 0.15) is 5.82 Å². The van der Waals surface area contributed by atoms with Gasteiger partial charge in [-0.3, -0.25) is 4.79 Å². The molecule has 5 nitrogen and oxygen atoms in total. The zero-order chi connectivity index (χ0) is 19.2. The van der Waals surface area contributed by atoms with Gasteiger partial charge in [0.05, 0.1) is 18.0 Å². The summed E-state index contributed by atoms with van der Waals surface area (Å²) >= 11 is 4.60. The summed E-state index contributed by atoms with van der Waals surface area (Å²) in [5.74, 6) is -0.0248. The van der Waals surface area contributed by atoms with Gasteiger partial charge in [0.2, 0.25) is 11.1 Å². The normalized spacial score (nSPS) is 10.6. The number of carbonyl (C=O) groups is 1. The SMILES string of the molecule is C=CCn1nc(SCC(=O)Nc2ccccc2F)nc1-c1ccc(Br)cc1. The molecule has 1 heterocycles. The van der Waals surface area contributed by atoms with E-state index in [2.05, 4.69) is 37.9 Å². The zero-order valence-corrected chi connectivity index (χ0v) is 16.6. The van der Waals surface area contributed by atoms with Crippen molar-refractivity contribution in [3.63, 3.8) is 0 Å². The van der Waals surface area contributed by atoms with Crippen LogP contribution in [0.15, 0.2) is 70.8 Å². The highest BCUT2D eigenvalue weighted by Crippen LogP contribution is 2.24. The molecule has 0 saturated carbocycles. The summed E-state index contributed by atoms with van der Waals surface area (Å²) in [7, 11) is 0. The van der Waals surface area contributed by atoms with Crippen molar-refractivity contribution in [2.24, 2.45) is 0 Å². The molecule has 0 atom stereocenters. The molecule has 1 aromatic heterocycles. The van der Waals surface area contributed by atoms with Crippen LogP contribution in [0.1, 0.15) is 0 Å². The second-order valence-electron chi connectivity index (χ2n) is 5.51. The Hall–Kier alpha value is -2.45. The van der Waals surface area contributed by atoms with Crippen LogP contribution in [-0.2, 0) is 11.3 Å². The smallest absolute Gasteiger partial charge is 0.234 e. The van der Waals surface area contributed by atoms with Crippen molar-refractivity contribution < 1.29 is 9.18 Å². The summed E-state index contributed by atoms with van der Waals surface area (Å²) in [5, 5.41) is 7.44. The van der Waals surface area contributed by atoms with E-state index >= 15 is 0 Å². The standard InChI is InChI=1S/C19H16BrFN4OS/c1-2-11-25-18(13-7-9-14(20)10-8-13)23-19(24-25)27-12-17(26)22-16-6-4-3-5-15(16)21/h2-10H,1,11-12H2,(H,22,26). The van der Waals surface area contributed by atoms with Gasteiger partial charge in [-0.1, -0.05) is 58.0 Å². The van der Waals surface area contributed by atoms with Crippen molar-refractivity contribution in [1.82, 2.24) is 14.8 Å². The molecule has 0 radical (unpaired) electrons. The van der Waals surface area contributed by atoms with Crippen molar-refractivity contribution in [1.29, 1.82) is 0 Å². The monoisotopic (exact) mass is 446 g/mol. The van der Waals surface area contributed by atoms with E-state index in [1.807, 2.05) is 24.3 Å². The first-order valence-corrected chi connectivity index (χ1v) is 9.83. The summed E-state index contributed by atoms with van der Waals surface area (Å²) < 4.78 is 16.3. The van der Waals surface area contributed by atoms with Gasteiger partial charge in [0, 0.05) is 10.0 Å². The molecule has 0 fully saturated rings. The lowest BCUT2D eigenvalue weighted by molar-refractivity contribution is -0.113. The first-order valence-electron chi connectivity index (χ1n) is 8.05. The number of nitrogens with zero attached hydrogens (tertiary/aromatic N) is 3. The third-order valence-corrected chi connectivity index (χ3v) is 4.90. The van der Waals surface area contributed by atoms with Gasteiger partial charge in [-0.25, -0.2) is 14.1 Å². The van der Waals surface area contributed by atoms with Gasteiger partial charge in [-0.2, -0.15) is 0 Å². The van der Waals surface area contributed by atoms with Gasteiger partial charge in [0.25, 0.3) is 0 Å². The number of halogens is 2. The van der Waals surface area contributed by atoms with Crippen LogP contribution >= 0.6 is 27.7 Å². The number of carbonyl (C=O) groups excluding carboxylic acids is 1. The lowest BCUT2D eigenvalue weighted by Crippen LogP contribution is -2.15. The summed E-state index contributed by atoms with van der Waals surface area (Å²) in [4.78, 5) is 16.6. The average Bonchev–Trinajstić information content (AvgIpc) is 3.06. The summed E-state index contributed by atoms with van der Waals surface area (Å²) in [6.07, 6.45) is 1.73. The van der Waals surface area contributed by atoms with E-state index in [-0.39, 0.29) is 17.3 Å². The molecule has 3 rings (SSSR count). The Bertz CT molecular complexity index is 959. The highest BCUT2D eigenvalue weighted by molar-refractivity contribution is 9.10. The Morgan fingerprint density at radius 2 is 2.00 bits per heavy atom. The average molecular weight is 447 g/mol. The molecule has 0 saturated heterocycles. The fourth-order valence-corrected chi connectivity index (χ4v) is 3.23. The van der Waals surface area contributed by atoms with Crippen LogP contribution in [0.25, 0.3) is 11.4 Å². The summed E-state index contributed by atoms with van der Waals surface area (Å²) in [6, 6.07) is 13.8. The van der Waals surface area contributed by atoms with E-state index in [9.17, 15) is 9.18 Å². The molecule has 0 aliphatic heterocycles. The van der Waals surface area contributed by atoms with Crippen molar-refractivity contribution in [3.8, 4) is 11.4 Å². The fourth-order valence-electron chi connectivity index (χ4n) is 2.32. The molecule has 0 unspecified atom stereocenters. The highest BCUT2D eigenvalue weighted by atomic mass is 79.9. The molecule has 3 aromatic rings. The van der Waals surface area contributed by atoms with Gasteiger partial charge in [-0.05, 0) is 24.3 Å². The first-order chi connectivity index (χ1) is 13.1. The molecule has 2 aromatic carbocycles. The lowest BCUT2D eigenvalue weighted by atomic mass is 10.2. The van der Waals surface area contributed by atoms with E-state index in [1.165, 1.54) is 23.9 Å². The molecule has 8 heteroatoms. The lowest BCUT2D eigenvalue weighted by Gasteiger charge is -2.04. The number of para-hydroxylation sites is 1. The fraction of sp³-hybridized carbons (Fsp3) is 0.105. The Balaban J connectivity index is 1.70. The van der Waals surface area contributed by atoms with E-state index in [1.54, 1.807) is 22.9 Å². The van der Waals surface area contributed by atoms with E-state index in [0.717, 1.165) is 10.0 Å². The third kappa shape index (κ3) is 5.05. The van der Waals surface area contributed by atoms with Crippen molar-refractivity contribution in [3.05, 3.63) is 71.5 Å². The molecule has 0 aliphatic rings. The van der Waals surface area contributed by atoms with Gasteiger partial charge < -0.3 is 5.32 Å². The van der Waals surface area contributed by atoms with Crippen molar-refractivity contribution in [2.45, 2.75) is 11.7 Å². The highest BCUT2D eigenvalue weighted by Gasteiger charge is 2.14. The molecular weight excluding hydrogens is 431 g/mol. The van der Waals surface area contributed by atoms with Crippen molar-refractivity contribution in [2.75, 3.05) is 11.1 Å². The minimum Gasteiger partial charge on any atom is -0.323 e. The maximum Gasteiger partial charge on any atom is 0.234 e. The molecule has 1 amide bonds. The predicted molar refractivity (Wildman–Crippen MR) is 109 cm³/mol. The van der Waals surface area contributed by atoms with Crippen LogP contribution in [0, 0.1) is 5.82 Å². The minimum absolute atomic E-state index is 0.0756. The molecule has 1 N–H and O–H groups in total.